The van der Waals surface area contributed by atoms with Crippen LogP contribution in [-0.2, 0) is 22.4 Å². The summed E-state index contributed by atoms with van der Waals surface area (Å²) in [5, 5.41) is 11.9. The van der Waals surface area contributed by atoms with Gasteiger partial charge in [-0.15, -0.1) is 0 Å². The summed E-state index contributed by atoms with van der Waals surface area (Å²) >= 11 is 0. The van der Waals surface area contributed by atoms with E-state index < -0.39 is 29.4 Å². The fraction of sp³-hybridized carbons (Fsp3) is 0.304. The van der Waals surface area contributed by atoms with E-state index in [-0.39, 0.29) is 30.4 Å². The smallest absolute Gasteiger partial charge is 0.275 e. The molecule has 2 N–H and O–H groups in total. The van der Waals surface area contributed by atoms with Gasteiger partial charge in [-0.3, -0.25) is 14.6 Å². The Morgan fingerprint density at radius 2 is 1.90 bits per heavy atom. The van der Waals surface area contributed by atoms with Crippen LogP contribution in [0.2, 0.25) is 0 Å². The van der Waals surface area contributed by atoms with E-state index in [4.69, 9.17) is 0 Å². The molecular weight excluding hydrogens is 404 g/mol. The zero-order valence-corrected chi connectivity index (χ0v) is 16.9. The molecular formula is C23H21F2N3O3. The van der Waals surface area contributed by atoms with Gasteiger partial charge in [0.15, 0.2) is 11.5 Å². The molecule has 1 saturated heterocycles. The number of aliphatic hydroxyl groups is 1. The van der Waals surface area contributed by atoms with Gasteiger partial charge in [0.2, 0.25) is 5.78 Å². The second-order valence-electron chi connectivity index (χ2n) is 8.21. The van der Waals surface area contributed by atoms with Crippen molar-refractivity contribution in [1.29, 1.82) is 0 Å². The van der Waals surface area contributed by atoms with Crippen LogP contribution in [0.15, 0.2) is 47.9 Å². The lowest BCUT2D eigenvalue weighted by Gasteiger charge is -2.47. The fourth-order valence-electron chi connectivity index (χ4n) is 5.00. The van der Waals surface area contributed by atoms with Gasteiger partial charge in [0, 0.05) is 19.5 Å². The van der Waals surface area contributed by atoms with Crippen molar-refractivity contribution in [2.45, 2.75) is 24.8 Å². The van der Waals surface area contributed by atoms with Gasteiger partial charge in [-0.2, -0.15) is 0 Å². The van der Waals surface area contributed by atoms with Crippen LogP contribution in [-0.4, -0.2) is 52.9 Å². The Hall–Kier alpha value is -3.26. The molecule has 1 amide bonds. The van der Waals surface area contributed by atoms with Gasteiger partial charge in [-0.1, -0.05) is 18.2 Å². The SMILES string of the molecule is CN1CC(C2c3ccc(F)cc3CCc3c(F)cccc32)N2NCC(=O)C(O)=C2C1=O. The molecule has 6 nitrogen and oxygen atoms in total. The molecule has 0 saturated carbocycles. The zero-order valence-electron chi connectivity index (χ0n) is 16.9. The number of amides is 1. The van der Waals surface area contributed by atoms with E-state index in [2.05, 4.69) is 5.43 Å². The molecule has 8 heteroatoms. The quantitative estimate of drug-likeness (QED) is 0.733. The number of fused-ring (bicyclic) bond motifs is 3. The third-order valence-corrected chi connectivity index (χ3v) is 6.44. The summed E-state index contributed by atoms with van der Waals surface area (Å²) in [5.41, 5.74) is 5.79. The first-order valence-corrected chi connectivity index (χ1v) is 10.2. The number of ketones is 1. The Morgan fingerprint density at radius 3 is 2.71 bits per heavy atom. The van der Waals surface area contributed by atoms with Crippen LogP contribution >= 0.6 is 0 Å². The van der Waals surface area contributed by atoms with Crippen LogP contribution in [0, 0.1) is 11.6 Å². The first-order chi connectivity index (χ1) is 14.9. The van der Waals surface area contributed by atoms with Crippen LogP contribution < -0.4 is 5.43 Å². The highest BCUT2D eigenvalue weighted by Gasteiger charge is 2.46. The van der Waals surface area contributed by atoms with Crippen molar-refractivity contribution in [3.05, 3.63) is 81.7 Å². The molecule has 2 aromatic carbocycles. The van der Waals surface area contributed by atoms with E-state index in [0.29, 0.717) is 18.4 Å². The average molecular weight is 425 g/mol. The lowest BCUT2D eigenvalue weighted by Crippen LogP contribution is -2.63. The van der Waals surface area contributed by atoms with Crippen LogP contribution in [0.1, 0.15) is 28.2 Å². The number of likely N-dealkylation sites (N-methyl/N-ethyl adjacent to an activating group) is 1. The van der Waals surface area contributed by atoms with Crippen LogP contribution in [0.3, 0.4) is 0 Å². The average Bonchev–Trinajstić information content (AvgIpc) is 2.90. The maximum absolute atomic E-state index is 14.8. The van der Waals surface area contributed by atoms with Crippen molar-refractivity contribution in [2.24, 2.45) is 0 Å². The second-order valence-corrected chi connectivity index (χ2v) is 8.21. The predicted molar refractivity (Wildman–Crippen MR) is 108 cm³/mol. The summed E-state index contributed by atoms with van der Waals surface area (Å²) in [6, 6.07) is 9.05. The lowest BCUT2D eigenvalue weighted by atomic mass is 9.80. The summed E-state index contributed by atoms with van der Waals surface area (Å²) in [7, 11) is 1.60. The van der Waals surface area contributed by atoms with Crippen LogP contribution in [0.25, 0.3) is 0 Å². The molecule has 0 bridgehead atoms. The maximum atomic E-state index is 14.8. The molecule has 1 aliphatic carbocycles. The number of aryl methyl sites for hydroxylation is 1. The molecule has 0 spiro atoms. The topological polar surface area (TPSA) is 72.9 Å². The zero-order chi connectivity index (χ0) is 21.9. The molecule has 3 aliphatic rings. The van der Waals surface area contributed by atoms with Gasteiger partial charge in [0.25, 0.3) is 5.91 Å². The van der Waals surface area contributed by atoms with E-state index in [1.165, 1.54) is 28.1 Å². The fourth-order valence-corrected chi connectivity index (χ4v) is 5.00. The Bertz CT molecular complexity index is 1150. The minimum Gasteiger partial charge on any atom is -0.503 e. The summed E-state index contributed by atoms with van der Waals surface area (Å²) in [4.78, 5) is 26.3. The number of piperazine rings is 1. The van der Waals surface area contributed by atoms with Crippen molar-refractivity contribution in [2.75, 3.05) is 20.1 Å². The summed E-state index contributed by atoms with van der Waals surface area (Å²) < 4.78 is 28.9. The molecule has 2 unspecified atom stereocenters. The highest BCUT2D eigenvalue weighted by molar-refractivity contribution is 6.05. The molecule has 31 heavy (non-hydrogen) atoms. The molecule has 2 heterocycles. The number of aliphatic hydroxyl groups excluding tert-OH is 1. The van der Waals surface area contributed by atoms with Gasteiger partial charge in [0.1, 0.15) is 11.6 Å². The van der Waals surface area contributed by atoms with Crippen LogP contribution in [0.5, 0.6) is 0 Å². The molecule has 1 fully saturated rings. The van der Waals surface area contributed by atoms with Crippen molar-refractivity contribution < 1.29 is 23.5 Å². The number of benzene rings is 2. The summed E-state index contributed by atoms with van der Waals surface area (Å²) in [6.45, 7) is 0.121. The summed E-state index contributed by atoms with van der Waals surface area (Å²) in [5.74, 6) is -2.71. The third-order valence-electron chi connectivity index (χ3n) is 6.44. The minimum absolute atomic E-state index is 0.110. The maximum Gasteiger partial charge on any atom is 0.275 e. The molecule has 2 aromatic rings. The van der Waals surface area contributed by atoms with E-state index >= 15 is 0 Å². The number of nitrogens with zero attached hydrogens (tertiary/aromatic N) is 2. The second kappa shape index (κ2) is 7.16. The van der Waals surface area contributed by atoms with Gasteiger partial charge in [0.05, 0.1) is 12.6 Å². The van der Waals surface area contributed by atoms with E-state index in [1.807, 2.05) is 6.07 Å². The largest absolute Gasteiger partial charge is 0.503 e. The van der Waals surface area contributed by atoms with Crippen LogP contribution in [0.4, 0.5) is 8.78 Å². The van der Waals surface area contributed by atoms with Gasteiger partial charge < -0.3 is 10.0 Å². The Morgan fingerprint density at radius 1 is 1.10 bits per heavy atom. The molecule has 2 aliphatic heterocycles. The number of carbonyl (C=O) groups is 2. The highest BCUT2D eigenvalue weighted by atomic mass is 19.1. The summed E-state index contributed by atoms with van der Waals surface area (Å²) in [6.07, 6.45) is 0.912. The minimum atomic E-state index is -0.576. The Labute approximate surface area is 177 Å². The number of Topliss-reactive ketones (excluding diaryl/α,β-unsaturated/α-hetero) is 1. The van der Waals surface area contributed by atoms with Crippen molar-refractivity contribution in [1.82, 2.24) is 15.3 Å². The van der Waals surface area contributed by atoms with Crippen molar-refractivity contribution in [3.8, 4) is 0 Å². The normalized spacial score (nSPS) is 23.3. The first kappa shape index (κ1) is 19.7. The molecule has 0 aromatic heterocycles. The van der Waals surface area contributed by atoms with Crippen molar-refractivity contribution >= 4 is 11.7 Å². The van der Waals surface area contributed by atoms with E-state index in [0.717, 1.165) is 16.7 Å². The number of hydrogen-bond acceptors (Lipinski definition) is 5. The lowest BCUT2D eigenvalue weighted by molar-refractivity contribution is -0.137. The highest BCUT2D eigenvalue weighted by Crippen LogP contribution is 2.41. The molecule has 160 valence electrons. The molecule has 2 atom stereocenters. The number of halogens is 2. The monoisotopic (exact) mass is 425 g/mol. The molecule has 5 rings (SSSR count). The number of rotatable bonds is 1. The van der Waals surface area contributed by atoms with Crippen molar-refractivity contribution in [3.63, 3.8) is 0 Å². The van der Waals surface area contributed by atoms with E-state index in [1.54, 1.807) is 19.2 Å². The predicted octanol–water partition coefficient (Wildman–Crippen LogP) is 2.19. The first-order valence-electron chi connectivity index (χ1n) is 10.2. The number of hydrazine groups is 1. The Balaban J connectivity index is 1.73. The standard InChI is InChI=1S/C23H21F2N3O3/c1-27-11-18(28-21(23(27)31)22(30)19(29)10-26-28)20-14-8-6-13(24)9-12(14)5-7-15-16(20)3-2-4-17(15)25/h2-4,6,8-9,18,20,26,30H,5,7,10-11H2,1H3. The van der Waals surface area contributed by atoms with E-state index in [9.17, 15) is 23.5 Å². The number of nitrogens with one attached hydrogen (secondary N) is 1. The van der Waals surface area contributed by atoms with Gasteiger partial charge in [-0.25, -0.2) is 14.2 Å². The number of hydrogen-bond donors (Lipinski definition) is 2. The Kier molecular flexibility index (Phi) is 4.55. The van der Waals surface area contributed by atoms with Gasteiger partial charge >= 0.3 is 0 Å². The van der Waals surface area contributed by atoms with Gasteiger partial charge in [-0.05, 0) is 53.3 Å². The third kappa shape index (κ3) is 3.01. The number of carbonyl (C=O) groups excluding carboxylic acids is 2. The molecule has 0 radical (unpaired) electrons.